The molecule has 0 unspecified atom stereocenters. The smallest absolute Gasteiger partial charge is 0.242 e. The minimum atomic E-state index is 0. The van der Waals surface area contributed by atoms with Crippen LogP contribution in [0.5, 0.6) is 5.75 Å². The van der Waals surface area contributed by atoms with Crippen LogP contribution in [-0.2, 0) is 11.3 Å². The molecule has 1 fully saturated rings. The number of nitrogens with zero attached hydrogens (tertiary/aromatic N) is 4. The number of halogens is 2. The normalized spacial score (nSPS) is 14.4. The number of guanidine groups is 1. The predicted octanol–water partition coefficient (Wildman–Crippen LogP) is 2.65. The van der Waals surface area contributed by atoms with Gasteiger partial charge in [0, 0.05) is 37.9 Å². The lowest BCUT2D eigenvalue weighted by atomic mass is 10.2. The quantitative estimate of drug-likeness (QED) is 0.270. The molecule has 1 aromatic heterocycles. The van der Waals surface area contributed by atoms with Gasteiger partial charge in [-0.1, -0.05) is 23.7 Å². The second kappa shape index (κ2) is 11.8. The van der Waals surface area contributed by atoms with Gasteiger partial charge in [-0.2, -0.15) is 0 Å². The Morgan fingerprint density at radius 2 is 2.07 bits per heavy atom. The van der Waals surface area contributed by atoms with Crippen molar-refractivity contribution in [1.29, 1.82) is 0 Å². The molecule has 1 saturated heterocycles. The van der Waals surface area contributed by atoms with E-state index in [0.717, 1.165) is 17.9 Å². The van der Waals surface area contributed by atoms with Gasteiger partial charge >= 0.3 is 0 Å². The first-order valence-electron chi connectivity index (χ1n) is 9.16. The molecule has 7 nitrogen and oxygen atoms in total. The SMILES string of the molecule is CN=C(NCCOc1cccnc1)N1CCN(Cc2ccc(Cl)cc2)C(=O)C1.I. The largest absolute Gasteiger partial charge is 0.490 e. The molecular formula is C20H25ClIN5O2. The molecule has 0 bridgehead atoms. The summed E-state index contributed by atoms with van der Waals surface area (Å²) in [5, 5.41) is 3.94. The maximum absolute atomic E-state index is 12.6. The lowest BCUT2D eigenvalue weighted by molar-refractivity contribution is -0.135. The van der Waals surface area contributed by atoms with Crippen LogP contribution >= 0.6 is 35.6 Å². The predicted molar refractivity (Wildman–Crippen MR) is 125 cm³/mol. The third-order valence-electron chi connectivity index (χ3n) is 4.40. The number of pyridine rings is 1. The van der Waals surface area contributed by atoms with Crippen LogP contribution in [-0.4, -0.2) is 66.5 Å². The van der Waals surface area contributed by atoms with E-state index < -0.39 is 0 Å². The van der Waals surface area contributed by atoms with Gasteiger partial charge in [-0.15, -0.1) is 24.0 Å². The van der Waals surface area contributed by atoms with E-state index in [-0.39, 0.29) is 29.9 Å². The summed E-state index contributed by atoms with van der Waals surface area (Å²) in [6.45, 7) is 3.33. The van der Waals surface area contributed by atoms with E-state index in [0.29, 0.717) is 43.8 Å². The molecule has 1 aliphatic rings. The Hall–Kier alpha value is -2.07. The summed E-state index contributed by atoms with van der Waals surface area (Å²) in [4.78, 5) is 24.7. The number of carbonyl (C=O) groups excluding carboxylic acids is 1. The van der Waals surface area contributed by atoms with E-state index in [1.54, 1.807) is 19.4 Å². The van der Waals surface area contributed by atoms with Crippen molar-refractivity contribution in [2.24, 2.45) is 4.99 Å². The molecule has 0 atom stereocenters. The minimum absolute atomic E-state index is 0. The molecule has 0 saturated carbocycles. The summed E-state index contributed by atoms with van der Waals surface area (Å²) in [5.74, 6) is 1.51. The zero-order chi connectivity index (χ0) is 19.8. The molecule has 1 aromatic carbocycles. The van der Waals surface area contributed by atoms with Crippen molar-refractivity contribution in [3.05, 3.63) is 59.4 Å². The Kier molecular flexibility index (Phi) is 9.46. The molecule has 1 amide bonds. The van der Waals surface area contributed by atoms with Gasteiger partial charge in [-0.25, -0.2) is 0 Å². The maximum atomic E-state index is 12.6. The first kappa shape index (κ1) is 23.2. The first-order valence-corrected chi connectivity index (χ1v) is 9.54. The summed E-state index contributed by atoms with van der Waals surface area (Å²) in [6.07, 6.45) is 3.38. The Morgan fingerprint density at radius 1 is 1.28 bits per heavy atom. The number of piperazine rings is 1. The molecule has 0 aliphatic carbocycles. The molecule has 0 radical (unpaired) electrons. The van der Waals surface area contributed by atoms with Crippen molar-refractivity contribution in [2.45, 2.75) is 6.54 Å². The zero-order valence-corrected chi connectivity index (χ0v) is 19.3. The third kappa shape index (κ3) is 7.04. The monoisotopic (exact) mass is 529 g/mol. The highest BCUT2D eigenvalue weighted by Gasteiger charge is 2.25. The van der Waals surface area contributed by atoms with E-state index in [1.807, 2.05) is 46.2 Å². The highest BCUT2D eigenvalue weighted by molar-refractivity contribution is 14.0. The van der Waals surface area contributed by atoms with Crippen LogP contribution in [0.2, 0.25) is 5.02 Å². The fourth-order valence-electron chi connectivity index (χ4n) is 2.96. The number of hydrogen-bond donors (Lipinski definition) is 1. The van der Waals surface area contributed by atoms with Gasteiger partial charge in [0.05, 0.1) is 19.3 Å². The van der Waals surface area contributed by atoms with Crippen molar-refractivity contribution in [3.63, 3.8) is 0 Å². The number of amides is 1. The summed E-state index contributed by atoms with van der Waals surface area (Å²) in [7, 11) is 1.72. The van der Waals surface area contributed by atoms with Gasteiger partial charge in [-0.3, -0.25) is 14.8 Å². The third-order valence-corrected chi connectivity index (χ3v) is 4.66. The Balaban J connectivity index is 0.00000300. The van der Waals surface area contributed by atoms with Gasteiger partial charge in [0.25, 0.3) is 0 Å². The lowest BCUT2D eigenvalue weighted by Crippen LogP contribution is -2.55. The van der Waals surface area contributed by atoms with Crippen LogP contribution in [0.3, 0.4) is 0 Å². The summed E-state index contributed by atoms with van der Waals surface area (Å²) in [6, 6.07) is 11.3. The first-order chi connectivity index (χ1) is 13.7. The molecule has 1 aliphatic heterocycles. The van der Waals surface area contributed by atoms with Crippen molar-refractivity contribution in [1.82, 2.24) is 20.1 Å². The van der Waals surface area contributed by atoms with Crippen molar-refractivity contribution in [2.75, 3.05) is 39.8 Å². The Morgan fingerprint density at radius 3 is 2.72 bits per heavy atom. The van der Waals surface area contributed by atoms with Gasteiger partial charge in [-0.05, 0) is 29.8 Å². The maximum Gasteiger partial charge on any atom is 0.242 e. The van der Waals surface area contributed by atoms with Gasteiger partial charge in [0.15, 0.2) is 5.96 Å². The highest BCUT2D eigenvalue weighted by atomic mass is 127. The van der Waals surface area contributed by atoms with Crippen LogP contribution in [0.1, 0.15) is 5.56 Å². The second-order valence-corrected chi connectivity index (χ2v) is 6.81. The van der Waals surface area contributed by atoms with Gasteiger partial charge < -0.3 is 19.9 Å². The Labute approximate surface area is 193 Å². The Bertz CT molecular complexity index is 804. The summed E-state index contributed by atoms with van der Waals surface area (Å²) >= 11 is 5.92. The van der Waals surface area contributed by atoms with Crippen molar-refractivity contribution in [3.8, 4) is 5.75 Å². The van der Waals surface area contributed by atoms with E-state index in [9.17, 15) is 4.79 Å². The van der Waals surface area contributed by atoms with E-state index in [4.69, 9.17) is 16.3 Å². The fourth-order valence-corrected chi connectivity index (χ4v) is 3.09. The van der Waals surface area contributed by atoms with Crippen molar-refractivity contribution < 1.29 is 9.53 Å². The minimum Gasteiger partial charge on any atom is -0.490 e. The summed E-state index contributed by atoms with van der Waals surface area (Å²) < 4.78 is 5.62. The number of aromatic nitrogens is 1. The number of rotatable bonds is 6. The molecule has 3 rings (SSSR count). The summed E-state index contributed by atoms with van der Waals surface area (Å²) in [5.41, 5.74) is 1.07. The standard InChI is InChI=1S/C20H24ClN5O2.HI/c1-22-20(24-9-12-28-18-3-2-8-23-13-18)26-11-10-25(19(27)15-26)14-16-4-6-17(21)7-5-16;/h2-8,13H,9-12,14-15H2,1H3,(H,22,24);1H. The fraction of sp³-hybridized carbons (Fsp3) is 0.350. The van der Waals surface area contributed by atoms with Gasteiger partial charge in [0.1, 0.15) is 12.4 Å². The van der Waals surface area contributed by atoms with E-state index in [2.05, 4.69) is 15.3 Å². The number of nitrogens with one attached hydrogen (secondary N) is 1. The van der Waals surface area contributed by atoms with Gasteiger partial charge in [0.2, 0.25) is 5.91 Å². The molecule has 2 heterocycles. The molecule has 156 valence electrons. The number of aliphatic imine (C=N–C) groups is 1. The molecule has 29 heavy (non-hydrogen) atoms. The second-order valence-electron chi connectivity index (χ2n) is 6.37. The number of hydrogen-bond acceptors (Lipinski definition) is 4. The van der Waals surface area contributed by atoms with Crippen LogP contribution < -0.4 is 10.1 Å². The zero-order valence-electron chi connectivity index (χ0n) is 16.3. The van der Waals surface area contributed by atoms with Crippen LogP contribution in [0.15, 0.2) is 53.8 Å². The number of carbonyl (C=O) groups is 1. The van der Waals surface area contributed by atoms with Crippen LogP contribution in [0.4, 0.5) is 0 Å². The topological polar surface area (TPSA) is 70.1 Å². The molecule has 0 spiro atoms. The number of benzene rings is 1. The highest BCUT2D eigenvalue weighted by Crippen LogP contribution is 2.13. The lowest BCUT2D eigenvalue weighted by Gasteiger charge is -2.36. The molecular weight excluding hydrogens is 505 g/mol. The number of ether oxygens (including phenoxy) is 1. The van der Waals surface area contributed by atoms with Crippen molar-refractivity contribution >= 4 is 47.4 Å². The van der Waals surface area contributed by atoms with E-state index >= 15 is 0 Å². The molecule has 2 aromatic rings. The van der Waals surface area contributed by atoms with Crippen LogP contribution in [0, 0.1) is 0 Å². The van der Waals surface area contributed by atoms with Crippen LogP contribution in [0.25, 0.3) is 0 Å². The molecule has 1 N–H and O–H groups in total. The van der Waals surface area contributed by atoms with E-state index in [1.165, 1.54) is 0 Å². The molecule has 9 heteroatoms. The average Bonchev–Trinajstić information content (AvgIpc) is 2.72. The average molecular weight is 530 g/mol.